The molecule has 0 unspecified atom stereocenters. The van der Waals surface area contributed by atoms with Gasteiger partial charge in [-0.1, -0.05) is 11.6 Å². The highest BCUT2D eigenvalue weighted by atomic mass is 35.5. The van der Waals surface area contributed by atoms with Crippen LogP contribution in [0.25, 0.3) is 0 Å². The molecule has 0 aliphatic carbocycles. The smallest absolute Gasteiger partial charge is 0.162 e. The molecule has 1 aromatic carbocycles. The van der Waals surface area contributed by atoms with Crippen molar-refractivity contribution in [1.29, 1.82) is 0 Å². The zero-order chi connectivity index (χ0) is 11.3. The van der Waals surface area contributed by atoms with Crippen molar-refractivity contribution >= 4 is 17.4 Å². The van der Waals surface area contributed by atoms with E-state index in [0.29, 0.717) is 24.8 Å². The molecule has 1 nitrogen and oxygen atoms in total. The molecule has 0 radical (unpaired) electrons. The van der Waals surface area contributed by atoms with E-state index in [2.05, 4.69) is 5.92 Å². The topological polar surface area (TPSA) is 17.1 Å². The van der Waals surface area contributed by atoms with E-state index in [-0.39, 0.29) is 10.8 Å². The lowest BCUT2D eigenvalue weighted by Gasteiger charge is -2.00. The van der Waals surface area contributed by atoms with Gasteiger partial charge in [-0.05, 0) is 24.6 Å². The van der Waals surface area contributed by atoms with Crippen molar-refractivity contribution in [3.8, 4) is 12.3 Å². The summed E-state index contributed by atoms with van der Waals surface area (Å²) in [7, 11) is 0. The van der Waals surface area contributed by atoms with Gasteiger partial charge in [0.25, 0.3) is 0 Å². The van der Waals surface area contributed by atoms with Crippen molar-refractivity contribution in [2.24, 2.45) is 0 Å². The maximum Gasteiger partial charge on any atom is 0.162 e. The minimum Gasteiger partial charge on any atom is -0.294 e. The molecule has 1 rings (SSSR count). The fourth-order valence-corrected chi connectivity index (χ4v) is 1.35. The van der Waals surface area contributed by atoms with Gasteiger partial charge in [-0.3, -0.25) is 4.79 Å². The van der Waals surface area contributed by atoms with E-state index in [1.807, 2.05) is 0 Å². The van der Waals surface area contributed by atoms with E-state index in [1.165, 1.54) is 18.2 Å². The van der Waals surface area contributed by atoms with Gasteiger partial charge in [0.15, 0.2) is 5.78 Å². The van der Waals surface area contributed by atoms with Crippen LogP contribution in [0.1, 0.15) is 29.6 Å². The van der Waals surface area contributed by atoms with Crippen LogP contribution < -0.4 is 0 Å². The van der Waals surface area contributed by atoms with E-state index in [4.69, 9.17) is 18.0 Å². The number of carbonyl (C=O) groups is 1. The average Bonchev–Trinajstić information content (AvgIpc) is 2.22. The Bertz CT molecular complexity index is 407. The molecule has 0 saturated heterocycles. The summed E-state index contributed by atoms with van der Waals surface area (Å²) in [5.74, 6) is 1.88. The Hall–Kier alpha value is -1.33. The van der Waals surface area contributed by atoms with Crippen molar-refractivity contribution in [2.75, 3.05) is 0 Å². The molecule has 15 heavy (non-hydrogen) atoms. The normalized spacial score (nSPS) is 9.67. The first-order valence-electron chi connectivity index (χ1n) is 4.57. The number of halogens is 2. The van der Waals surface area contributed by atoms with E-state index >= 15 is 0 Å². The maximum absolute atomic E-state index is 12.8. The number of ketones is 1. The molecule has 0 aromatic heterocycles. The second kappa shape index (κ2) is 5.53. The fourth-order valence-electron chi connectivity index (χ4n) is 1.16. The lowest BCUT2D eigenvalue weighted by Crippen LogP contribution is -1.99. The number of Topliss-reactive ketones (excluding diaryl/α,β-unsaturated/α-hetero) is 1. The van der Waals surface area contributed by atoms with Gasteiger partial charge >= 0.3 is 0 Å². The van der Waals surface area contributed by atoms with E-state index in [0.717, 1.165) is 0 Å². The first kappa shape index (κ1) is 11.7. The molecule has 0 N–H and O–H groups in total. The van der Waals surface area contributed by atoms with Gasteiger partial charge in [0, 0.05) is 18.4 Å². The average molecular weight is 225 g/mol. The van der Waals surface area contributed by atoms with Crippen molar-refractivity contribution in [2.45, 2.75) is 19.3 Å². The quantitative estimate of drug-likeness (QED) is 0.435. The number of rotatable bonds is 4. The molecule has 0 amide bonds. The second-order valence-electron chi connectivity index (χ2n) is 3.11. The summed E-state index contributed by atoms with van der Waals surface area (Å²) in [6.07, 6.45) is 6.65. The molecule has 0 aliphatic heterocycles. The summed E-state index contributed by atoms with van der Waals surface area (Å²) in [5.41, 5.74) is 0.429. The maximum atomic E-state index is 12.8. The molecule has 0 atom stereocenters. The Morgan fingerprint density at radius 1 is 1.53 bits per heavy atom. The minimum absolute atomic E-state index is 0.0298. The third-order valence-corrected chi connectivity index (χ3v) is 2.26. The summed E-state index contributed by atoms with van der Waals surface area (Å²) in [4.78, 5) is 11.5. The lowest BCUT2D eigenvalue weighted by atomic mass is 10.1. The largest absolute Gasteiger partial charge is 0.294 e. The molecule has 0 fully saturated rings. The number of terminal acetylenes is 1. The molecule has 0 heterocycles. The molecule has 1 aromatic rings. The van der Waals surface area contributed by atoms with Gasteiger partial charge in [0.2, 0.25) is 0 Å². The summed E-state index contributed by atoms with van der Waals surface area (Å²) >= 11 is 5.56. The lowest BCUT2D eigenvalue weighted by molar-refractivity contribution is 0.0980. The molecule has 0 bridgehead atoms. The van der Waals surface area contributed by atoms with Crippen LogP contribution >= 0.6 is 11.6 Å². The van der Waals surface area contributed by atoms with Gasteiger partial charge in [-0.15, -0.1) is 12.3 Å². The minimum atomic E-state index is -0.517. The SMILES string of the molecule is C#CCCCC(=O)c1ccc(F)c(Cl)c1. The van der Waals surface area contributed by atoms with Crippen LogP contribution in [0.2, 0.25) is 5.02 Å². The second-order valence-corrected chi connectivity index (χ2v) is 3.52. The number of carbonyl (C=O) groups excluding carboxylic acids is 1. The van der Waals surface area contributed by atoms with Gasteiger partial charge in [-0.2, -0.15) is 0 Å². The predicted molar refractivity (Wildman–Crippen MR) is 58.4 cm³/mol. The summed E-state index contributed by atoms with van der Waals surface area (Å²) in [6.45, 7) is 0. The fraction of sp³-hybridized carbons (Fsp3) is 0.250. The van der Waals surface area contributed by atoms with Crippen molar-refractivity contribution in [3.05, 3.63) is 34.6 Å². The van der Waals surface area contributed by atoms with Crippen LogP contribution in [0, 0.1) is 18.2 Å². The van der Waals surface area contributed by atoms with Crippen molar-refractivity contribution < 1.29 is 9.18 Å². The molecular weight excluding hydrogens is 215 g/mol. The first-order chi connectivity index (χ1) is 7.15. The van der Waals surface area contributed by atoms with Gasteiger partial charge in [0.05, 0.1) is 5.02 Å². The molecule has 78 valence electrons. The zero-order valence-corrected chi connectivity index (χ0v) is 8.85. The van der Waals surface area contributed by atoms with Crippen molar-refractivity contribution in [1.82, 2.24) is 0 Å². The van der Waals surface area contributed by atoms with Crippen LogP contribution in [0.4, 0.5) is 4.39 Å². The van der Waals surface area contributed by atoms with Crippen LogP contribution in [0.3, 0.4) is 0 Å². The van der Waals surface area contributed by atoms with Crippen LogP contribution in [-0.2, 0) is 0 Å². The summed E-state index contributed by atoms with van der Waals surface area (Å²) in [6, 6.07) is 3.96. The van der Waals surface area contributed by atoms with Gasteiger partial charge in [-0.25, -0.2) is 4.39 Å². The third kappa shape index (κ3) is 3.38. The van der Waals surface area contributed by atoms with Crippen LogP contribution in [-0.4, -0.2) is 5.78 Å². The standard InChI is InChI=1S/C12H10ClFO/c1-2-3-4-5-12(15)9-6-7-11(14)10(13)8-9/h1,6-8H,3-5H2. The van der Waals surface area contributed by atoms with Crippen molar-refractivity contribution in [3.63, 3.8) is 0 Å². The Labute approximate surface area is 93.3 Å². The highest BCUT2D eigenvalue weighted by Gasteiger charge is 2.07. The Balaban J connectivity index is 2.67. The predicted octanol–water partition coefficient (Wildman–Crippen LogP) is 3.47. The number of hydrogen-bond acceptors (Lipinski definition) is 1. The highest BCUT2D eigenvalue weighted by Crippen LogP contribution is 2.17. The molecular formula is C12H10ClFO. The van der Waals surface area contributed by atoms with E-state index < -0.39 is 5.82 Å². The molecule has 3 heteroatoms. The van der Waals surface area contributed by atoms with E-state index in [9.17, 15) is 9.18 Å². The monoisotopic (exact) mass is 224 g/mol. The summed E-state index contributed by atoms with van der Waals surface area (Å²) in [5, 5.41) is -0.0298. The third-order valence-electron chi connectivity index (χ3n) is 1.97. The zero-order valence-electron chi connectivity index (χ0n) is 8.09. The molecule has 0 saturated carbocycles. The summed E-state index contributed by atoms with van der Waals surface area (Å²) < 4.78 is 12.8. The highest BCUT2D eigenvalue weighted by molar-refractivity contribution is 6.31. The molecule has 0 aliphatic rings. The number of unbranched alkanes of at least 4 members (excludes halogenated alkanes) is 1. The van der Waals surface area contributed by atoms with E-state index in [1.54, 1.807) is 0 Å². The van der Waals surface area contributed by atoms with Crippen LogP contribution in [0.5, 0.6) is 0 Å². The first-order valence-corrected chi connectivity index (χ1v) is 4.94. The van der Waals surface area contributed by atoms with Gasteiger partial charge < -0.3 is 0 Å². The van der Waals surface area contributed by atoms with Gasteiger partial charge in [0.1, 0.15) is 5.82 Å². The Morgan fingerprint density at radius 3 is 2.87 bits per heavy atom. The Morgan fingerprint density at radius 2 is 2.27 bits per heavy atom. The number of hydrogen-bond donors (Lipinski definition) is 0. The molecule has 0 spiro atoms. The van der Waals surface area contributed by atoms with Crippen LogP contribution in [0.15, 0.2) is 18.2 Å². The Kier molecular flexibility index (Phi) is 4.33. The number of benzene rings is 1.